The van der Waals surface area contributed by atoms with Crippen LogP contribution in [0.25, 0.3) is 0 Å². The molecule has 2 aromatic carbocycles. The average Bonchev–Trinajstić information content (AvgIpc) is 2.76. The second-order valence-corrected chi connectivity index (χ2v) is 6.37. The van der Waals surface area contributed by atoms with Crippen molar-refractivity contribution < 1.29 is 9.59 Å². The number of halogens is 3. The van der Waals surface area contributed by atoms with Crippen LogP contribution in [0.5, 0.6) is 0 Å². The zero-order chi connectivity index (χ0) is 17.4. The van der Waals surface area contributed by atoms with E-state index in [0.29, 0.717) is 21.4 Å². The Morgan fingerprint density at radius 2 is 1.62 bits per heavy atom. The molecule has 0 bridgehead atoms. The van der Waals surface area contributed by atoms with Gasteiger partial charge in [-0.05, 0) is 36.8 Å². The van der Waals surface area contributed by atoms with Crippen molar-refractivity contribution in [3.05, 3.63) is 68.8 Å². The molecule has 0 spiro atoms. The second-order valence-electron chi connectivity index (χ2n) is 5.18. The van der Waals surface area contributed by atoms with E-state index in [1.807, 2.05) is 19.1 Å². The number of amides is 2. The van der Waals surface area contributed by atoms with Crippen LogP contribution in [0.4, 0.5) is 11.4 Å². The molecule has 0 radical (unpaired) electrons. The van der Waals surface area contributed by atoms with Crippen LogP contribution in [0, 0.1) is 6.92 Å². The van der Waals surface area contributed by atoms with Crippen molar-refractivity contribution in [2.45, 2.75) is 6.92 Å². The summed E-state index contributed by atoms with van der Waals surface area (Å²) in [6, 6.07) is 11.9. The van der Waals surface area contributed by atoms with Crippen LogP contribution in [0.2, 0.25) is 10.0 Å². The molecule has 122 valence electrons. The van der Waals surface area contributed by atoms with Crippen molar-refractivity contribution in [3.8, 4) is 0 Å². The van der Waals surface area contributed by atoms with Gasteiger partial charge in [0, 0.05) is 5.69 Å². The number of imide groups is 1. The number of nitrogens with one attached hydrogen (secondary N) is 1. The maximum absolute atomic E-state index is 12.7. The van der Waals surface area contributed by atoms with E-state index in [4.69, 9.17) is 34.8 Å². The number of carbonyl (C=O) groups is 2. The Morgan fingerprint density at radius 1 is 0.917 bits per heavy atom. The number of anilines is 2. The summed E-state index contributed by atoms with van der Waals surface area (Å²) in [6.07, 6.45) is 0. The minimum atomic E-state index is -0.571. The largest absolute Gasteiger partial charge is 0.350 e. The lowest BCUT2D eigenvalue weighted by molar-refractivity contribution is -0.120. The van der Waals surface area contributed by atoms with Crippen LogP contribution < -0.4 is 10.2 Å². The fraction of sp³-hybridized carbons (Fsp3) is 0.0588. The smallest absolute Gasteiger partial charge is 0.283 e. The van der Waals surface area contributed by atoms with Gasteiger partial charge in [-0.1, -0.05) is 53.0 Å². The minimum absolute atomic E-state index is 0.00306. The van der Waals surface area contributed by atoms with Gasteiger partial charge in [-0.15, -0.1) is 0 Å². The van der Waals surface area contributed by atoms with Crippen molar-refractivity contribution in [2.75, 3.05) is 10.2 Å². The highest BCUT2D eigenvalue weighted by atomic mass is 35.5. The topological polar surface area (TPSA) is 49.4 Å². The highest BCUT2D eigenvalue weighted by Gasteiger charge is 2.39. The third-order valence-corrected chi connectivity index (χ3v) is 4.66. The molecule has 0 saturated carbocycles. The summed E-state index contributed by atoms with van der Waals surface area (Å²) in [6.45, 7) is 1.81. The van der Waals surface area contributed by atoms with E-state index in [1.54, 1.807) is 30.3 Å². The van der Waals surface area contributed by atoms with E-state index >= 15 is 0 Å². The molecule has 0 saturated heterocycles. The fourth-order valence-electron chi connectivity index (χ4n) is 2.36. The third kappa shape index (κ3) is 2.88. The number of para-hydroxylation sites is 1. The Balaban J connectivity index is 1.95. The minimum Gasteiger partial charge on any atom is -0.350 e. The molecule has 24 heavy (non-hydrogen) atoms. The van der Waals surface area contributed by atoms with Gasteiger partial charge in [0.2, 0.25) is 0 Å². The van der Waals surface area contributed by atoms with E-state index in [2.05, 4.69) is 5.32 Å². The lowest BCUT2D eigenvalue weighted by Gasteiger charge is -2.17. The molecule has 4 nitrogen and oxygen atoms in total. The average molecular weight is 382 g/mol. The van der Waals surface area contributed by atoms with Crippen LogP contribution in [-0.4, -0.2) is 11.8 Å². The first kappa shape index (κ1) is 16.8. The lowest BCUT2D eigenvalue weighted by Crippen LogP contribution is -2.32. The Hall–Kier alpha value is -2.01. The Morgan fingerprint density at radius 3 is 2.29 bits per heavy atom. The molecule has 1 N–H and O–H groups in total. The van der Waals surface area contributed by atoms with Gasteiger partial charge in [0.1, 0.15) is 10.7 Å². The van der Waals surface area contributed by atoms with Gasteiger partial charge >= 0.3 is 0 Å². The van der Waals surface area contributed by atoms with Crippen LogP contribution in [0.15, 0.2) is 53.2 Å². The van der Waals surface area contributed by atoms with Crippen LogP contribution >= 0.6 is 34.8 Å². The molecule has 1 aliphatic heterocycles. The molecule has 1 aliphatic rings. The zero-order valence-electron chi connectivity index (χ0n) is 12.4. The highest BCUT2D eigenvalue weighted by molar-refractivity contribution is 6.53. The summed E-state index contributed by atoms with van der Waals surface area (Å²) in [5.41, 5.74) is 1.80. The molecule has 0 aliphatic carbocycles. The Bertz CT molecular complexity index is 893. The summed E-state index contributed by atoms with van der Waals surface area (Å²) in [4.78, 5) is 26.1. The fourth-order valence-corrected chi connectivity index (χ4v) is 2.87. The van der Waals surface area contributed by atoms with E-state index < -0.39 is 11.8 Å². The molecule has 0 aromatic heterocycles. The predicted molar refractivity (Wildman–Crippen MR) is 96.6 cm³/mol. The van der Waals surface area contributed by atoms with E-state index in [-0.39, 0.29) is 10.7 Å². The number of carbonyl (C=O) groups excluding carboxylic acids is 2. The molecular formula is C17H11Cl3N2O2. The Kier molecular flexibility index (Phi) is 4.54. The molecular weight excluding hydrogens is 371 g/mol. The predicted octanol–water partition coefficient (Wildman–Crippen LogP) is 4.74. The number of hydrogen-bond acceptors (Lipinski definition) is 3. The Labute approximate surface area is 153 Å². The summed E-state index contributed by atoms with van der Waals surface area (Å²) < 4.78 is 0. The van der Waals surface area contributed by atoms with Crippen LogP contribution in [0.1, 0.15) is 5.56 Å². The first-order valence-corrected chi connectivity index (χ1v) is 8.10. The quantitative estimate of drug-likeness (QED) is 0.781. The van der Waals surface area contributed by atoms with Gasteiger partial charge in [-0.25, -0.2) is 4.90 Å². The standard InChI is InChI=1S/C17H11Cl3N2O2/c1-9-4-2-3-5-13(9)22-16(23)14(20)15(17(22)24)21-10-6-7-11(18)12(19)8-10/h2-8,21H,1H3. The monoisotopic (exact) mass is 380 g/mol. The maximum atomic E-state index is 12.7. The van der Waals surface area contributed by atoms with Gasteiger partial charge in [-0.2, -0.15) is 0 Å². The number of nitrogens with zero attached hydrogens (tertiary/aromatic N) is 1. The molecule has 0 fully saturated rings. The SMILES string of the molecule is Cc1ccccc1N1C(=O)C(Cl)=C(Nc2ccc(Cl)c(Cl)c2)C1=O. The highest BCUT2D eigenvalue weighted by Crippen LogP contribution is 2.33. The van der Waals surface area contributed by atoms with Crippen molar-refractivity contribution in [3.63, 3.8) is 0 Å². The van der Waals surface area contributed by atoms with Gasteiger partial charge in [0.25, 0.3) is 11.8 Å². The maximum Gasteiger partial charge on any atom is 0.283 e. The van der Waals surface area contributed by atoms with Crippen LogP contribution in [0.3, 0.4) is 0 Å². The molecule has 2 amide bonds. The number of rotatable bonds is 3. The molecule has 2 aromatic rings. The van der Waals surface area contributed by atoms with Crippen molar-refractivity contribution >= 4 is 58.0 Å². The normalized spacial score (nSPS) is 14.6. The summed E-state index contributed by atoms with van der Waals surface area (Å²) >= 11 is 17.9. The second kappa shape index (κ2) is 6.48. The summed E-state index contributed by atoms with van der Waals surface area (Å²) in [7, 11) is 0. The number of benzene rings is 2. The number of hydrogen-bond donors (Lipinski definition) is 1. The molecule has 0 unspecified atom stereocenters. The zero-order valence-corrected chi connectivity index (χ0v) is 14.7. The van der Waals surface area contributed by atoms with Crippen molar-refractivity contribution in [2.24, 2.45) is 0 Å². The lowest BCUT2D eigenvalue weighted by atomic mass is 10.2. The van der Waals surface area contributed by atoms with E-state index in [1.165, 1.54) is 0 Å². The molecule has 7 heteroatoms. The first-order valence-electron chi connectivity index (χ1n) is 6.96. The number of aryl methyl sites for hydroxylation is 1. The van der Waals surface area contributed by atoms with Gasteiger partial charge in [0.05, 0.1) is 15.7 Å². The summed E-state index contributed by atoms with van der Waals surface area (Å²) in [5.74, 6) is -1.09. The van der Waals surface area contributed by atoms with Gasteiger partial charge in [-0.3, -0.25) is 9.59 Å². The van der Waals surface area contributed by atoms with Crippen molar-refractivity contribution in [1.82, 2.24) is 0 Å². The van der Waals surface area contributed by atoms with Crippen LogP contribution in [-0.2, 0) is 9.59 Å². The molecule has 1 heterocycles. The molecule has 3 rings (SSSR count). The third-order valence-electron chi connectivity index (χ3n) is 3.57. The van der Waals surface area contributed by atoms with E-state index in [9.17, 15) is 9.59 Å². The van der Waals surface area contributed by atoms with Gasteiger partial charge in [0.15, 0.2) is 0 Å². The molecule has 0 atom stereocenters. The van der Waals surface area contributed by atoms with Crippen molar-refractivity contribution in [1.29, 1.82) is 0 Å². The van der Waals surface area contributed by atoms with Gasteiger partial charge < -0.3 is 5.32 Å². The summed E-state index contributed by atoms with van der Waals surface area (Å²) in [5, 5.41) is 3.39. The first-order chi connectivity index (χ1) is 11.4. The van der Waals surface area contributed by atoms with E-state index in [0.717, 1.165) is 10.5 Å².